The summed E-state index contributed by atoms with van der Waals surface area (Å²) in [5.41, 5.74) is 2.03. The molecule has 2 rings (SSSR count). The molecule has 2 aromatic carbocycles. The Hall–Kier alpha value is -2.77. The standard InChI is InChI=1S/C21H28N2O5/c1-14(4-5-15-6-9-20(27-2)21(10-15)28-3)22-12-19(26)16-7-8-18(25)17(11-16)23-13-24/h6-11,13-14,19,22,25-26H,4-5,12H2,1-3H3,(H,23,24). The van der Waals surface area contributed by atoms with Crippen LogP contribution in [0.4, 0.5) is 5.69 Å². The van der Waals surface area contributed by atoms with Crippen molar-refractivity contribution in [2.24, 2.45) is 0 Å². The number of benzene rings is 2. The lowest BCUT2D eigenvalue weighted by Crippen LogP contribution is -2.30. The second kappa shape index (κ2) is 10.5. The maximum atomic E-state index is 10.6. The number of phenolic OH excluding ortho intramolecular Hbond substituents is 1. The molecule has 0 spiro atoms. The number of hydrogen-bond acceptors (Lipinski definition) is 6. The van der Waals surface area contributed by atoms with E-state index in [1.807, 2.05) is 18.2 Å². The van der Waals surface area contributed by atoms with Gasteiger partial charge in [0, 0.05) is 12.6 Å². The summed E-state index contributed by atoms with van der Waals surface area (Å²) >= 11 is 0. The minimum atomic E-state index is -0.753. The van der Waals surface area contributed by atoms with Crippen LogP contribution >= 0.6 is 0 Å². The zero-order valence-electron chi connectivity index (χ0n) is 16.4. The first-order chi connectivity index (χ1) is 13.5. The first kappa shape index (κ1) is 21.5. The van der Waals surface area contributed by atoms with E-state index in [2.05, 4.69) is 17.6 Å². The molecule has 0 saturated heterocycles. The average molecular weight is 388 g/mol. The lowest BCUT2D eigenvalue weighted by molar-refractivity contribution is -0.105. The summed E-state index contributed by atoms with van der Waals surface area (Å²) in [6, 6.07) is 10.7. The van der Waals surface area contributed by atoms with Crippen molar-refractivity contribution >= 4 is 12.1 Å². The first-order valence-corrected chi connectivity index (χ1v) is 9.14. The molecular formula is C21H28N2O5. The number of aliphatic hydroxyl groups excluding tert-OH is 1. The topological polar surface area (TPSA) is 100 Å². The Morgan fingerprint density at radius 3 is 2.54 bits per heavy atom. The number of hydrogen-bond donors (Lipinski definition) is 4. The maximum absolute atomic E-state index is 10.6. The number of anilines is 1. The Kier molecular flexibility index (Phi) is 8.10. The molecule has 0 aliphatic heterocycles. The summed E-state index contributed by atoms with van der Waals surface area (Å²) in [5, 5.41) is 25.8. The molecule has 0 aromatic heterocycles. The molecule has 0 aliphatic carbocycles. The number of rotatable bonds is 11. The Bertz CT molecular complexity index is 781. The number of aliphatic hydroxyl groups is 1. The molecule has 0 fully saturated rings. The van der Waals surface area contributed by atoms with Gasteiger partial charge < -0.3 is 30.3 Å². The largest absolute Gasteiger partial charge is 0.506 e. The second-order valence-corrected chi connectivity index (χ2v) is 6.59. The van der Waals surface area contributed by atoms with Crippen LogP contribution in [-0.4, -0.2) is 43.4 Å². The van der Waals surface area contributed by atoms with Gasteiger partial charge in [-0.05, 0) is 55.2 Å². The SMILES string of the molecule is COc1ccc(CCC(C)NCC(O)c2ccc(O)c(NC=O)c2)cc1OC. The van der Waals surface area contributed by atoms with E-state index in [0.717, 1.165) is 18.4 Å². The van der Waals surface area contributed by atoms with Crippen LogP contribution in [0.3, 0.4) is 0 Å². The van der Waals surface area contributed by atoms with Gasteiger partial charge in [-0.2, -0.15) is 0 Å². The molecule has 0 saturated carbocycles. The minimum absolute atomic E-state index is 0.0423. The van der Waals surface area contributed by atoms with Crippen LogP contribution in [0.1, 0.15) is 30.6 Å². The Labute approximate surface area is 165 Å². The van der Waals surface area contributed by atoms with E-state index in [9.17, 15) is 15.0 Å². The fraction of sp³-hybridized carbons (Fsp3) is 0.381. The Balaban J connectivity index is 1.86. The van der Waals surface area contributed by atoms with Gasteiger partial charge in [0.15, 0.2) is 11.5 Å². The normalized spacial score (nSPS) is 12.9. The van der Waals surface area contributed by atoms with Crippen molar-refractivity contribution in [3.05, 3.63) is 47.5 Å². The number of nitrogens with one attached hydrogen (secondary N) is 2. The van der Waals surface area contributed by atoms with Crippen LogP contribution in [0.15, 0.2) is 36.4 Å². The number of aryl methyl sites for hydroxylation is 1. The van der Waals surface area contributed by atoms with Gasteiger partial charge in [0.1, 0.15) is 5.75 Å². The number of carbonyl (C=O) groups excluding carboxylic acids is 1. The lowest BCUT2D eigenvalue weighted by atomic mass is 10.0. The smallest absolute Gasteiger partial charge is 0.211 e. The predicted octanol–water partition coefficient (Wildman–Crippen LogP) is 2.62. The van der Waals surface area contributed by atoms with Gasteiger partial charge in [0.25, 0.3) is 0 Å². The first-order valence-electron chi connectivity index (χ1n) is 9.14. The van der Waals surface area contributed by atoms with Crippen LogP contribution < -0.4 is 20.1 Å². The molecular weight excluding hydrogens is 360 g/mol. The molecule has 2 atom stereocenters. The summed E-state index contributed by atoms with van der Waals surface area (Å²) in [5.74, 6) is 1.38. The van der Waals surface area contributed by atoms with Crippen molar-refractivity contribution in [3.63, 3.8) is 0 Å². The van der Waals surface area contributed by atoms with Gasteiger partial charge in [-0.1, -0.05) is 12.1 Å². The summed E-state index contributed by atoms with van der Waals surface area (Å²) in [4.78, 5) is 10.6. The van der Waals surface area contributed by atoms with E-state index >= 15 is 0 Å². The fourth-order valence-corrected chi connectivity index (χ4v) is 2.89. The van der Waals surface area contributed by atoms with Gasteiger partial charge in [-0.3, -0.25) is 4.79 Å². The highest BCUT2D eigenvalue weighted by atomic mass is 16.5. The maximum Gasteiger partial charge on any atom is 0.211 e. The molecule has 7 heteroatoms. The molecule has 7 nitrogen and oxygen atoms in total. The number of phenols is 1. The van der Waals surface area contributed by atoms with Crippen molar-refractivity contribution in [2.75, 3.05) is 26.1 Å². The molecule has 2 unspecified atom stereocenters. The van der Waals surface area contributed by atoms with Gasteiger partial charge in [0.2, 0.25) is 6.41 Å². The Morgan fingerprint density at radius 1 is 1.11 bits per heavy atom. The van der Waals surface area contributed by atoms with E-state index in [4.69, 9.17) is 9.47 Å². The second-order valence-electron chi connectivity index (χ2n) is 6.59. The van der Waals surface area contributed by atoms with E-state index in [1.165, 1.54) is 6.07 Å². The van der Waals surface area contributed by atoms with Crippen molar-refractivity contribution in [3.8, 4) is 17.2 Å². The molecule has 0 bridgehead atoms. The van der Waals surface area contributed by atoms with E-state index in [1.54, 1.807) is 26.4 Å². The molecule has 4 N–H and O–H groups in total. The molecule has 28 heavy (non-hydrogen) atoms. The summed E-state index contributed by atoms with van der Waals surface area (Å²) in [6.45, 7) is 2.42. The molecule has 2 aromatic rings. The highest BCUT2D eigenvalue weighted by Gasteiger charge is 2.12. The van der Waals surface area contributed by atoms with Crippen molar-refractivity contribution < 1.29 is 24.5 Å². The third kappa shape index (κ3) is 5.87. The molecule has 0 heterocycles. The minimum Gasteiger partial charge on any atom is -0.506 e. The van der Waals surface area contributed by atoms with Crippen LogP contribution in [0.5, 0.6) is 17.2 Å². The average Bonchev–Trinajstić information content (AvgIpc) is 2.71. The molecule has 1 amide bonds. The molecule has 0 aliphatic rings. The van der Waals surface area contributed by atoms with E-state index in [0.29, 0.717) is 30.0 Å². The number of carbonyl (C=O) groups is 1. The fourth-order valence-electron chi connectivity index (χ4n) is 2.89. The number of methoxy groups -OCH3 is 2. The molecule has 0 radical (unpaired) electrons. The monoisotopic (exact) mass is 388 g/mol. The van der Waals surface area contributed by atoms with Crippen molar-refractivity contribution in [1.29, 1.82) is 0 Å². The van der Waals surface area contributed by atoms with E-state index < -0.39 is 6.10 Å². The lowest BCUT2D eigenvalue weighted by Gasteiger charge is -2.18. The summed E-state index contributed by atoms with van der Waals surface area (Å²) in [6.07, 6.45) is 1.48. The van der Waals surface area contributed by atoms with Gasteiger partial charge in [-0.25, -0.2) is 0 Å². The van der Waals surface area contributed by atoms with Crippen LogP contribution in [0.25, 0.3) is 0 Å². The number of aromatic hydroxyl groups is 1. The van der Waals surface area contributed by atoms with Crippen molar-refractivity contribution in [2.45, 2.75) is 31.9 Å². The van der Waals surface area contributed by atoms with Crippen LogP contribution in [0, 0.1) is 0 Å². The van der Waals surface area contributed by atoms with Crippen molar-refractivity contribution in [1.82, 2.24) is 5.32 Å². The predicted molar refractivity (Wildman–Crippen MR) is 108 cm³/mol. The third-order valence-electron chi connectivity index (χ3n) is 4.59. The highest BCUT2D eigenvalue weighted by Crippen LogP contribution is 2.28. The molecule has 152 valence electrons. The zero-order valence-corrected chi connectivity index (χ0v) is 16.4. The zero-order chi connectivity index (χ0) is 20.5. The summed E-state index contributed by atoms with van der Waals surface area (Å²) in [7, 11) is 3.23. The van der Waals surface area contributed by atoms with Gasteiger partial charge >= 0.3 is 0 Å². The third-order valence-corrected chi connectivity index (χ3v) is 4.59. The number of ether oxygens (including phenoxy) is 2. The van der Waals surface area contributed by atoms with Gasteiger partial charge in [0.05, 0.1) is 26.0 Å². The summed E-state index contributed by atoms with van der Waals surface area (Å²) < 4.78 is 10.6. The highest BCUT2D eigenvalue weighted by molar-refractivity contribution is 5.75. The van der Waals surface area contributed by atoms with Crippen LogP contribution in [0.2, 0.25) is 0 Å². The number of amides is 1. The quantitative estimate of drug-likeness (QED) is 0.349. The Morgan fingerprint density at radius 2 is 1.86 bits per heavy atom. The van der Waals surface area contributed by atoms with Gasteiger partial charge in [-0.15, -0.1) is 0 Å². The van der Waals surface area contributed by atoms with E-state index in [-0.39, 0.29) is 17.5 Å². The van der Waals surface area contributed by atoms with Crippen LogP contribution in [-0.2, 0) is 11.2 Å².